The van der Waals surface area contributed by atoms with Gasteiger partial charge in [-0.3, -0.25) is 9.69 Å². The van der Waals surface area contributed by atoms with Crippen LogP contribution < -0.4 is 0 Å². The lowest BCUT2D eigenvalue weighted by Gasteiger charge is -2.34. The molecular formula is C20H21N3O. The molecule has 0 bridgehead atoms. The molecular weight excluding hydrogens is 298 g/mol. The molecule has 24 heavy (non-hydrogen) atoms. The summed E-state index contributed by atoms with van der Waals surface area (Å²) in [6.07, 6.45) is 2.67. The van der Waals surface area contributed by atoms with Crippen LogP contribution in [0, 0.1) is 0 Å². The number of rotatable bonds is 2. The normalized spacial score (nSPS) is 19.2. The van der Waals surface area contributed by atoms with Crippen LogP contribution in [0.3, 0.4) is 0 Å². The second-order valence-electron chi connectivity index (χ2n) is 6.99. The molecule has 3 aromatic rings. The first-order chi connectivity index (χ1) is 11.8. The molecule has 1 amide bonds. The van der Waals surface area contributed by atoms with Crippen LogP contribution in [0.2, 0.25) is 0 Å². The number of carbonyl (C=O) groups is 1. The van der Waals surface area contributed by atoms with Crippen molar-refractivity contribution in [3.05, 3.63) is 48.2 Å². The van der Waals surface area contributed by atoms with Gasteiger partial charge in [0.2, 0.25) is 0 Å². The summed E-state index contributed by atoms with van der Waals surface area (Å²) < 4.78 is 0. The largest absolute Gasteiger partial charge is 0.351 e. The van der Waals surface area contributed by atoms with E-state index in [1.165, 1.54) is 23.6 Å². The highest BCUT2D eigenvalue weighted by molar-refractivity contribution is 6.09. The first-order valence-electron chi connectivity index (χ1n) is 8.83. The topological polar surface area (TPSA) is 39.3 Å². The molecule has 5 rings (SSSR count). The first-order valence-corrected chi connectivity index (χ1v) is 8.83. The Kier molecular flexibility index (Phi) is 3.13. The second-order valence-corrected chi connectivity index (χ2v) is 6.99. The predicted molar refractivity (Wildman–Crippen MR) is 96.3 cm³/mol. The van der Waals surface area contributed by atoms with Gasteiger partial charge in [0, 0.05) is 43.1 Å². The van der Waals surface area contributed by atoms with Crippen LogP contribution >= 0.6 is 0 Å². The van der Waals surface area contributed by atoms with Crippen molar-refractivity contribution in [3.63, 3.8) is 0 Å². The summed E-state index contributed by atoms with van der Waals surface area (Å²) in [6.45, 7) is 3.70. The van der Waals surface area contributed by atoms with E-state index in [0.717, 1.165) is 43.1 Å². The maximum Gasteiger partial charge on any atom is 0.270 e. The molecule has 4 nitrogen and oxygen atoms in total. The van der Waals surface area contributed by atoms with E-state index in [1.807, 2.05) is 23.1 Å². The molecule has 1 saturated carbocycles. The van der Waals surface area contributed by atoms with Crippen LogP contribution in [0.15, 0.2) is 42.5 Å². The van der Waals surface area contributed by atoms with E-state index >= 15 is 0 Å². The van der Waals surface area contributed by atoms with E-state index in [4.69, 9.17) is 0 Å². The van der Waals surface area contributed by atoms with Crippen molar-refractivity contribution in [2.24, 2.45) is 0 Å². The van der Waals surface area contributed by atoms with Crippen molar-refractivity contribution in [1.29, 1.82) is 0 Å². The molecule has 1 N–H and O–H groups in total. The number of benzene rings is 2. The van der Waals surface area contributed by atoms with E-state index in [-0.39, 0.29) is 5.91 Å². The lowest BCUT2D eigenvalue weighted by atomic mass is 10.1. The minimum Gasteiger partial charge on any atom is -0.351 e. The van der Waals surface area contributed by atoms with Gasteiger partial charge in [-0.15, -0.1) is 0 Å². The average Bonchev–Trinajstić information content (AvgIpc) is 3.39. The number of fused-ring (bicyclic) bond motifs is 3. The fourth-order valence-corrected chi connectivity index (χ4v) is 3.90. The third-order valence-electron chi connectivity index (χ3n) is 5.42. The molecule has 122 valence electrons. The number of hydrogen-bond donors (Lipinski definition) is 1. The van der Waals surface area contributed by atoms with Crippen LogP contribution in [0.5, 0.6) is 0 Å². The zero-order valence-corrected chi connectivity index (χ0v) is 13.7. The van der Waals surface area contributed by atoms with Crippen LogP contribution in [0.4, 0.5) is 0 Å². The Balaban J connectivity index is 1.43. The summed E-state index contributed by atoms with van der Waals surface area (Å²) in [5.41, 5.74) is 1.75. The highest BCUT2D eigenvalue weighted by Crippen LogP contribution is 2.29. The minimum absolute atomic E-state index is 0.130. The van der Waals surface area contributed by atoms with E-state index in [9.17, 15) is 4.79 Å². The van der Waals surface area contributed by atoms with E-state index < -0.39 is 0 Å². The summed E-state index contributed by atoms with van der Waals surface area (Å²) in [5, 5.41) is 3.54. The number of nitrogens with zero attached hydrogens (tertiary/aromatic N) is 2. The molecule has 2 fully saturated rings. The van der Waals surface area contributed by atoms with Crippen molar-refractivity contribution < 1.29 is 4.79 Å². The summed E-state index contributed by atoms with van der Waals surface area (Å²) >= 11 is 0. The molecule has 2 heterocycles. The molecule has 2 aliphatic rings. The smallest absolute Gasteiger partial charge is 0.270 e. The van der Waals surface area contributed by atoms with Gasteiger partial charge in [-0.25, -0.2) is 0 Å². The number of piperazine rings is 1. The molecule has 1 aliphatic carbocycles. The highest BCUT2D eigenvalue weighted by Gasteiger charge is 2.32. The fraction of sp³-hybridized carbons (Fsp3) is 0.350. The molecule has 4 heteroatoms. The zero-order valence-electron chi connectivity index (χ0n) is 13.7. The number of H-pyrrole nitrogens is 1. The number of carbonyl (C=O) groups excluding carboxylic acids is 1. The standard InChI is InChI=1S/C20H21N3O/c24-20(23-11-9-22(10-12-23)15-6-7-15)19-13-17-16-4-2-1-3-14(16)5-8-18(17)21-19/h1-5,8,13,15,21H,6-7,9-12H2. The molecule has 1 aromatic heterocycles. The van der Waals surface area contributed by atoms with Crippen molar-refractivity contribution in [3.8, 4) is 0 Å². The van der Waals surface area contributed by atoms with Gasteiger partial charge in [-0.1, -0.05) is 30.3 Å². The highest BCUT2D eigenvalue weighted by atomic mass is 16.2. The van der Waals surface area contributed by atoms with Crippen LogP contribution in [0.25, 0.3) is 21.7 Å². The summed E-state index contributed by atoms with van der Waals surface area (Å²) in [6, 6.07) is 15.3. The van der Waals surface area contributed by atoms with E-state index in [0.29, 0.717) is 5.69 Å². The number of amides is 1. The third kappa shape index (κ3) is 2.29. The lowest BCUT2D eigenvalue weighted by Crippen LogP contribution is -2.49. The van der Waals surface area contributed by atoms with Crippen molar-refractivity contribution in [1.82, 2.24) is 14.8 Å². The Bertz CT molecular complexity index is 917. The van der Waals surface area contributed by atoms with Gasteiger partial charge >= 0.3 is 0 Å². The van der Waals surface area contributed by atoms with Crippen molar-refractivity contribution in [2.75, 3.05) is 26.2 Å². The van der Waals surface area contributed by atoms with Gasteiger partial charge in [0.15, 0.2) is 0 Å². The Hall–Kier alpha value is -2.33. The number of aromatic nitrogens is 1. The molecule has 1 aliphatic heterocycles. The Morgan fingerprint density at radius 2 is 1.75 bits per heavy atom. The maximum atomic E-state index is 12.9. The van der Waals surface area contributed by atoms with Crippen molar-refractivity contribution in [2.45, 2.75) is 18.9 Å². The number of aromatic amines is 1. The molecule has 0 spiro atoms. The summed E-state index contributed by atoms with van der Waals surface area (Å²) in [7, 11) is 0. The quantitative estimate of drug-likeness (QED) is 0.787. The Labute approximate surface area is 141 Å². The molecule has 2 aromatic carbocycles. The van der Waals surface area contributed by atoms with E-state index in [2.05, 4.69) is 34.1 Å². The maximum absolute atomic E-state index is 12.9. The van der Waals surface area contributed by atoms with Crippen LogP contribution in [-0.2, 0) is 0 Å². The predicted octanol–water partition coefficient (Wildman–Crippen LogP) is 3.24. The number of hydrogen-bond acceptors (Lipinski definition) is 2. The van der Waals surface area contributed by atoms with Crippen molar-refractivity contribution >= 4 is 27.6 Å². The van der Waals surface area contributed by atoms with Gasteiger partial charge in [-0.05, 0) is 35.7 Å². The average molecular weight is 319 g/mol. The van der Waals surface area contributed by atoms with Gasteiger partial charge in [0.25, 0.3) is 5.91 Å². The van der Waals surface area contributed by atoms with Crippen LogP contribution in [0.1, 0.15) is 23.3 Å². The van der Waals surface area contributed by atoms with Crippen LogP contribution in [-0.4, -0.2) is 52.9 Å². The molecule has 0 unspecified atom stereocenters. The molecule has 0 atom stereocenters. The monoisotopic (exact) mass is 319 g/mol. The van der Waals surface area contributed by atoms with E-state index in [1.54, 1.807) is 0 Å². The summed E-state index contributed by atoms with van der Waals surface area (Å²) in [5.74, 6) is 0.130. The summed E-state index contributed by atoms with van der Waals surface area (Å²) in [4.78, 5) is 20.7. The minimum atomic E-state index is 0.130. The van der Waals surface area contributed by atoms with Gasteiger partial charge in [0.1, 0.15) is 5.69 Å². The Morgan fingerprint density at radius 3 is 2.54 bits per heavy atom. The number of nitrogens with one attached hydrogen (secondary N) is 1. The Morgan fingerprint density at radius 1 is 0.958 bits per heavy atom. The SMILES string of the molecule is O=C(c1cc2c(ccc3ccccc32)[nH]1)N1CCN(C2CC2)CC1. The van der Waals surface area contributed by atoms with Gasteiger partial charge < -0.3 is 9.88 Å². The van der Waals surface area contributed by atoms with Gasteiger partial charge in [-0.2, -0.15) is 0 Å². The fourth-order valence-electron chi connectivity index (χ4n) is 3.90. The molecule has 1 saturated heterocycles. The second kappa shape index (κ2) is 5.35. The first kappa shape index (κ1) is 14.1. The lowest BCUT2D eigenvalue weighted by molar-refractivity contribution is 0.0622. The third-order valence-corrected chi connectivity index (χ3v) is 5.42. The zero-order chi connectivity index (χ0) is 16.1. The molecule has 0 radical (unpaired) electrons. The van der Waals surface area contributed by atoms with Gasteiger partial charge in [0.05, 0.1) is 0 Å².